The third-order valence-electron chi connectivity index (χ3n) is 3.04. The van der Waals surface area contributed by atoms with Gasteiger partial charge in [0.05, 0.1) is 5.03 Å². The van der Waals surface area contributed by atoms with Crippen molar-refractivity contribution in [2.24, 2.45) is 0 Å². The van der Waals surface area contributed by atoms with E-state index in [0.717, 1.165) is 11.1 Å². The molecule has 0 bridgehead atoms. The predicted octanol–water partition coefficient (Wildman–Crippen LogP) is 3.76. The number of ether oxygens (including phenoxy) is 1. The van der Waals surface area contributed by atoms with Crippen LogP contribution in [0.5, 0.6) is 5.75 Å². The molecule has 0 radical (unpaired) electrons. The third-order valence-corrected chi connectivity index (χ3v) is 3.44. The standard InChI is InChI=1S/C16H11ClO2/c17-16-12-8-4-5-9-14(12)19-10-13(18)15(16)11-6-2-1-3-7-11/h1-9H,10H2. The molecule has 1 aliphatic rings. The average Bonchev–Trinajstić information content (AvgIpc) is 2.58. The fourth-order valence-electron chi connectivity index (χ4n) is 2.14. The van der Waals surface area contributed by atoms with Gasteiger partial charge in [0.1, 0.15) is 5.75 Å². The predicted molar refractivity (Wildman–Crippen MR) is 76.1 cm³/mol. The number of benzene rings is 2. The summed E-state index contributed by atoms with van der Waals surface area (Å²) in [5, 5.41) is 0.448. The Labute approximate surface area is 116 Å². The van der Waals surface area contributed by atoms with Gasteiger partial charge >= 0.3 is 0 Å². The lowest BCUT2D eigenvalue weighted by Crippen LogP contribution is -2.11. The van der Waals surface area contributed by atoms with Crippen LogP contribution in [0.25, 0.3) is 10.6 Å². The van der Waals surface area contributed by atoms with Crippen LogP contribution >= 0.6 is 11.6 Å². The first-order valence-electron chi connectivity index (χ1n) is 5.98. The molecule has 0 amide bonds. The maximum Gasteiger partial charge on any atom is 0.202 e. The van der Waals surface area contributed by atoms with E-state index >= 15 is 0 Å². The van der Waals surface area contributed by atoms with Crippen molar-refractivity contribution in [1.82, 2.24) is 0 Å². The molecule has 0 aliphatic carbocycles. The van der Waals surface area contributed by atoms with Gasteiger partial charge < -0.3 is 4.74 Å². The van der Waals surface area contributed by atoms with Gasteiger partial charge in [-0.05, 0) is 17.7 Å². The summed E-state index contributed by atoms with van der Waals surface area (Å²) in [6.07, 6.45) is 0. The normalized spacial score (nSPS) is 14.7. The lowest BCUT2D eigenvalue weighted by molar-refractivity contribution is -0.115. The zero-order chi connectivity index (χ0) is 13.2. The van der Waals surface area contributed by atoms with Crippen LogP contribution in [-0.4, -0.2) is 12.4 Å². The summed E-state index contributed by atoms with van der Waals surface area (Å²) in [4.78, 5) is 12.2. The summed E-state index contributed by atoms with van der Waals surface area (Å²) in [6, 6.07) is 16.9. The van der Waals surface area contributed by atoms with Crippen LogP contribution in [0.3, 0.4) is 0 Å². The summed E-state index contributed by atoms with van der Waals surface area (Å²) in [5.41, 5.74) is 2.10. The molecule has 0 N–H and O–H groups in total. The first kappa shape index (κ1) is 12.0. The molecule has 0 saturated carbocycles. The van der Waals surface area contributed by atoms with E-state index in [-0.39, 0.29) is 12.4 Å². The number of Topliss-reactive ketones (excluding diaryl/α,β-unsaturated/α-hetero) is 1. The first-order valence-corrected chi connectivity index (χ1v) is 6.36. The zero-order valence-corrected chi connectivity index (χ0v) is 10.9. The van der Waals surface area contributed by atoms with E-state index in [4.69, 9.17) is 16.3 Å². The minimum absolute atomic E-state index is 0.0114. The van der Waals surface area contributed by atoms with Gasteiger partial charge in [0.15, 0.2) is 6.61 Å². The molecule has 3 rings (SSSR count). The van der Waals surface area contributed by atoms with E-state index in [1.165, 1.54) is 0 Å². The highest BCUT2D eigenvalue weighted by Gasteiger charge is 2.23. The molecule has 0 fully saturated rings. The molecule has 2 aromatic carbocycles. The van der Waals surface area contributed by atoms with Crippen molar-refractivity contribution in [3.05, 3.63) is 65.7 Å². The van der Waals surface area contributed by atoms with Gasteiger partial charge in [-0.25, -0.2) is 0 Å². The number of carbonyl (C=O) groups excluding carboxylic acids is 1. The highest BCUT2D eigenvalue weighted by molar-refractivity contribution is 6.57. The number of hydrogen-bond donors (Lipinski definition) is 0. The van der Waals surface area contributed by atoms with Gasteiger partial charge in [0.25, 0.3) is 0 Å². The van der Waals surface area contributed by atoms with E-state index in [0.29, 0.717) is 16.4 Å². The smallest absolute Gasteiger partial charge is 0.202 e. The molecule has 1 aliphatic heterocycles. The number of carbonyl (C=O) groups is 1. The highest BCUT2D eigenvalue weighted by Crippen LogP contribution is 2.37. The van der Waals surface area contributed by atoms with E-state index in [9.17, 15) is 4.79 Å². The zero-order valence-electron chi connectivity index (χ0n) is 10.1. The molecule has 1 heterocycles. The van der Waals surface area contributed by atoms with Crippen LogP contribution in [0.15, 0.2) is 54.6 Å². The highest BCUT2D eigenvalue weighted by atomic mass is 35.5. The lowest BCUT2D eigenvalue weighted by Gasteiger charge is -2.06. The van der Waals surface area contributed by atoms with Crippen molar-refractivity contribution in [2.75, 3.05) is 6.61 Å². The number of ketones is 1. The maximum absolute atomic E-state index is 12.2. The molecule has 2 aromatic rings. The molecule has 94 valence electrons. The summed E-state index contributed by atoms with van der Waals surface area (Å²) in [5.74, 6) is 0.541. The van der Waals surface area contributed by atoms with Crippen molar-refractivity contribution in [3.8, 4) is 5.75 Å². The maximum atomic E-state index is 12.2. The van der Waals surface area contributed by atoms with Crippen molar-refractivity contribution in [3.63, 3.8) is 0 Å². The summed E-state index contributed by atoms with van der Waals surface area (Å²) < 4.78 is 5.51. The van der Waals surface area contributed by atoms with Crippen molar-refractivity contribution in [2.45, 2.75) is 0 Å². The molecule has 3 heteroatoms. The summed E-state index contributed by atoms with van der Waals surface area (Å²) in [6.45, 7) is 0.0114. The van der Waals surface area contributed by atoms with E-state index < -0.39 is 0 Å². The number of rotatable bonds is 1. The first-order chi connectivity index (χ1) is 9.27. The Morgan fingerprint density at radius 1 is 0.947 bits per heavy atom. The van der Waals surface area contributed by atoms with Crippen LogP contribution in [0.1, 0.15) is 11.1 Å². The van der Waals surface area contributed by atoms with Gasteiger partial charge in [-0.1, -0.05) is 54.1 Å². The molecule has 0 saturated heterocycles. The fourth-order valence-corrected chi connectivity index (χ4v) is 2.51. The summed E-state index contributed by atoms with van der Waals surface area (Å²) in [7, 11) is 0. The van der Waals surface area contributed by atoms with Gasteiger partial charge in [-0.3, -0.25) is 4.79 Å². The minimum atomic E-state index is -0.104. The van der Waals surface area contributed by atoms with Crippen molar-refractivity contribution in [1.29, 1.82) is 0 Å². The van der Waals surface area contributed by atoms with Crippen LogP contribution < -0.4 is 4.74 Å². The number of fused-ring (bicyclic) bond motifs is 1. The molecular weight excluding hydrogens is 260 g/mol. The van der Waals surface area contributed by atoms with E-state index in [1.807, 2.05) is 54.6 Å². The lowest BCUT2D eigenvalue weighted by atomic mass is 9.99. The van der Waals surface area contributed by atoms with Crippen LogP contribution in [0, 0.1) is 0 Å². The molecule has 0 spiro atoms. The van der Waals surface area contributed by atoms with Gasteiger partial charge in [0, 0.05) is 11.1 Å². The Bertz CT molecular complexity index is 659. The van der Waals surface area contributed by atoms with Crippen LogP contribution in [-0.2, 0) is 4.79 Å². The summed E-state index contributed by atoms with van der Waals surface area (Å²) >= 11 is 6.43. The number of para-hydroxylation sites is 1. The number of hydrogen-bond acceptors (Lipinski definition) is 2. The molecule has 19 heavy (non-hydrogen) atoms. The Morgan fingerprint density at radius 2 is 1.63 bits per heavy atom. The third kappa shape index (κ3) is 2.15. The quantitative estimate of drug-likeness (QED) is 0.789. The van der Waals surface area contributed by atoms with Crippen molar-refractivity contribution < 1.29 is 9.53 Å². The Morgan fingerprint density at radius 3 is 2.42 bits per heavy atom. The minimum Gasteiger partial charge on any atom is -0.485 e. The number of halogens is 1. The second-order valence-corrected chi connectivity index (χ2v) is 4.64. The van der Waals surface area contributed by atoms with Gasteiger partial charge in [-0.2, -0.15) is 0 Å². The van der Waals surface area contributed by atoms with E-state index in [1.54, 1.807) is 0 Å². The fraction of sp³-hybridized carbons (Fsp3) is 0.0625. The SMILES string of the molecule is O=C1COc2ccccc2C(Cl)=C1c1ccccc1. The largest absolute Gasteiger partial charge is 0.485 e. The van der Waals surface area contributed by atoms with E-state index in [2.05, 4.69) is 0 Å². The average molecular weight is 271 g/mol. The molecule has 0 atom stereocenters. The van der Waals surface area contributed by atoms with Gasteiger partial charge in [-0.15, -0.1) is 0 Å². The topological polar surface area (TPSA) is 26.3 Å². The Hall–Kier alpha value is -2.06. The second-order valence-electron chi connectivity index (χ2n) is 4.26. The molecule has 0 unspecified atom stereocenters. The second kappa shape index (κ2) is 4.90. The molecule has 2 nitrogen and oxygen atoms in total. The van der Waals surface area contributed by atoms with Crippen LogP contribution in [0.2, 0.25) is 0 Å². The van der Waals surface area contributed by atoms with Crippen LogP contribution in [0.4, 0.5) is 0 Å². The molecule has 0 aromatic heterocycles. The Balaban J connectivity index is 2.23. The van der Waals surface area contributed by atoms with Crippen molar-refractivity contribution >= 4 is 28.0 Å². The van der Waals surface area contributed by atoms with Gasteiger partial charge in [0.2, 0.25) is 5.78 Å². The Kier molecular flexibility index (Phi) is 3.10. The molecular formula is C16H11ClO2. The monoisotopic (exact) mass is 270 g/mol.